The molecule has 0 unspecified atom stereocenters. The summed E-state index contributed by atoms with van der Waals surface area (Å²) in [5.74, 6) is 0.391. The van der Waals surface area contributed by atoms with Crippen molar-refractivity contribution < 1.29 is 24.2 Å². The van der Waals surface area contributed by atoms with Gasteiger partial charge in [0.05, 0.1) is 5.56 Å². The minimum atomic E-state index is -0.976. The van der Waals surface area contributed by atoms with Crippen molar-refractivity contribution in [1.82, 2.24) is 5.32 Å². The first-order chi connectivity index (χ1) is 13.4. The largest absolute Gasteiger partial charge is 0.486 e. The molecule has 0 radical (unpaired) electrons. The number of aromatic carboxylic acids is 1. The Bertz CT molecular complexity index is 875. The second-order valence-electron chi connectivity index (χ2n) is 7.48. The van der Waals surface area contributed by atoms with Gasteiger partial charge in [-0.1, -0.05) is 38.1 Å². The maximum Gasteiger partial charge on any atom is 0.335 e. The first-order valence-electron chi connectivity index (χ1n) is 9.35. The van der Waals surface area contributed by atoms with Gasteiger partial charge >= 0.3 is 5.97 Å². The van der Waals surface area contributed by atoms with E-state index in [9.17, 15) is 14.7 Å². The molecule has 0 spiro atoms. The Morgan fingerprint density at radius 2 is 1.79 bits per heavy atom. The van der Waals surface area contributed by atoms with Crippen molar-refractivity contribution >= 4 is 11.9 Å². The van der Waals surface area contributed by atoms with Crippen molar-refractivity contribution in [3.8, 4) is 11.5 Å². The third-order valence-corrected chi connectivity index (χ3v) is 4.92. The molecule has 0 aromatic heterocycles. The van der Waals surface area contributed by atoms with Crippen molar-refractivity contribution in [2.45, 2.75) is 32.1 Å². The summed E-state index contributed by atoms with van der Waals surface area (Å²) in [6.07, 6.45) is 0.625. The van der Waals surface area contributed by atoms with E-state index >= 15 is 0 Å². The average Bonchev–Trinajstić information content (AvgIpc) is 2.70. The fourth-order valence-corrected chi connectivity index (χ4v) is 3.17. The molecular weight excluding hydrogens is 358 g/mol. The summed E-state index contributed by atoms with van der Waals surface area (Å²) in [5.41, 5.74) is 1.67. The van der Waals surface area contributed by atoms with E-state index < -0.39 is 5.97 Å². The number of rotatable bonds is 7. The van der Waals surface area contributed by atoms with Gasteiger partial charge in [-0.25, -0.2) is 4.79 Å². The number of carboxylic acid groups (broad SMARTS) is 1. The number of hydrogen-bond acceptors (Lipinski definition) is 4. The van der Waals surface area contributed by atoms with Crippen LogP contribution in [0.3, 0.4) is 0 Å². The van der Waals surface area contributed by atoms with Gasteiger partial charge in [-0.15, -0.1) is 0 Å². The molecule has 1 aliphatic heterocycles. The number of nitrogens with one attached hydrogen (secondary N) is 1. The molecule has 0 saturated heterocycles. The lowest BCUT2D eigenvalue weighted by Gasteiger charge is -2.28. The van der Waals surface area contributed by atoms with E-state index in [-0.39, 0.29) is 23.3 Å². The van der Waals surface area contributed by atoms with Crippen molar-refractivity contribution in [2.75, 3.05) is 19.8 Å². The average molecular weight is 383 g/mol. The highest BCUT2D eigenvalue weighted by molar-refractivity contribution is 5.89. The van der Waals surface area contributed by atoms with Crippen LogP contribution in [0.4, 0.5) is 0 Å². The van der Waals surface area contributed by atoms with Gasteiger partial charge in [0.2, 0.25) is 5.91 Å². The molecule has 3 rings (SSSR count). The van der Waals surface area contributed by atoms with E-state index in [2.05, 4.69) is 19.2 Å². The Balaban J connectivity index is 1.57. The zero-order valence-electron chi connectivity index (χ0n) is 16.2. The number of carboxylic acids is 1. The summed E-state index contributed by atoms with van der Waals surface area (Å²) < 4.78 is 11.2. The molecule has 0 fully saturated rings. The SMILES string of the molecule is CC(C)(CNC(=O)CCc1ccccc1C(=O)O)c1ccc2c(c1)OCCO2. The zero-order valence-corrected chi connectivity index (χ0v) is 16.2. The fourth-order valence-electron chi connectivity index (χ4n) is 3.17. The molecule has 0 atom stereocenters. The molecule has 148 valence electrons. The Hall–Kier alpha value is -3.02. The number of hydrogen-bond donors (Lipinski definition) is 2. The van der Waals surface area contributed by atoms with Crippen LogP contribution in [0.1, 0.15) is 41.8 Å². The monoisotopic (exact) mass is 383 g/mol. The number of amides is 1. The second kappa shape index (κ2) is 8.33. The second-order valence-corrected chi connectivity index (χ2v) is 7.48. The minimum Gasteiger partial charge on any atom is -0.486 e. The number of fused-ring (bicyclic) bond motifs is 1. The molecule has 6 heteroatoms. The first-order valence-corrected chi connectivity index (χ1v) is 9.35. The van der Waals surface area contributed by atoms with Gasteiger partial charge in [0.15, 0.2) is 11.5 Å². The van der Waals surface area contributed by atoms with Crippen molar-refractivity contribution in [3.63, 3.8) is 0 Å². The van der Waals surface area contributed by atoms with Gasteiger partial charge in [0.1, 0.15) is 13.2 Å². The van der Waals surface area contributed by atoms with Crippen molar-refractivity contribution in [1.29, 1.82) is 0 Å². The first kappa shape index (κ1) is 19.7. The Morgan fingerprint density at radius 1 is 1.07 bits per heavy atom. The van der Waals surface area contributed by atoms with Crippen LogP contribution in [0.5, 0.6) is 11.5 Å². The van der Waals surface area contributed by atoms with E-state index in [1.54, 1.807) is 24.3 Å². The maximum atomic E-state index is 12.3. The molecule has 0 bridgehead atoms. The molecular formula is C22H25NO5. The van der Waals surface area contributed by atoms with E-state index in [0.717, 1.165) is 17.1 Å². The summed E-state index contributed by atoms with van der Waals surface area (Å²) in [6, 6.07) is 12.6. The van der Waals surface area contributed by atoms with Crippen LogP contribution >= 0.6 is 0 Å². The van der Waals surface area contributed by atoms with E-state index in [0.29, 0.717) is 31.7 Å². The quantitative estimate of drug-likeness (QED) is 0.767. The number of benzene rings is 2. The molecule has 2 aromatic rings. The number of carbonyl (C=O) groups excluding carboxylic acids is 1. The highest BCUT2D eigenvalue weighted by Gasteiger charge is 2.24. The molecule has 1 aliphatic rings. The third-order valence-electron chi connectivity index (χ3n) is 4.92. The van der Waals surface area contributed by atoms with Crippen LogP contribution in [0.15, 0.2) is 42.5 Å². The number of carbonyl (C=O) groups is 2. The zero-order chi connectivity index (χ0) is 20.1. The van der Waals surface area contributed by atoms with Crippen LogP contribution in [-0.2, 0) is 16.6 Å². The van der Waals surface area contributed by atoms with Crippen LogP contribution < -0.4 is 14.8 Å². The van der Waals surface area contributed by atoms with Crippen LogP contribution in [0.25, 0.3) is 0 Å². The predicted octanol–water partition coefficient (Wildman–Crippen LogP) is 3.18. The Kier molecular flexibility index (Phi) is 5.87. The molecule has 28 heavy (non-hydrogen) atoms. The highest BCUT2D eigenvalue weighted by Crippen LogP contribution is 2.34. The Labute approximate surface area is 164 Å². The van der Waals surface area contributed by atoms with Gasteiger partial charge in [0.25, 0.3) is 0 Å². The highest BCUT2D eigenvalue weighted by atomic mass is 16.6. The summed E-state index contributed by atoms with van der Waals surface area (Å²) in [4.78, 5) is 23.6. The summed E-state index contributed by atoms with van der Waals surface area (Å²) in [5, 5.41) is 12.2. The van der Waals surface area contributed by atoms with Gasteiger partial charge in [-0.2, -0.15) is 0 Å². The maximum absolute atomic E-state index is 12.3. The minimum absolute atomic E-state index is 0.106. The van der Waals surface area contributed by atoms with Crippen molar-refractivity contribution in [2.24, 2.45) is 0 Å². The lowest BCUT2D eigenvalue weighted by molar-refractivity contribution is -0.121. The lowest BCUT2D eigenvalue weighted by atomic mass is 9.84. The molecule has 2 aromatic carbocycles. The van der Waals surface area contributed by atoms with Crippen molar-refractivity contribution in [3.05, 3.63) is 59.2 Å². The molecule has 2 N–H and O–H groups in total. The van der Waals surface area contributed by atoms with Gasteiger partial charge < -0.3 is 19.9 Å². The predicted molar refractivity (Wildman–Crippen MR) is 105 cm³/mol. The van der Waals surface area contributed by atoms with Gasteiger partial charge in [-0.05, 0) is 35.7 Å². The van der Waals surface area contributed by atoms with Crippen LogP contribution in [0, 0.1) is 0 Å². The molecule has 0 saturated carbocycles. The normalized spacial score (nSPS) is 13.1. The Morgan fingerprint density at radius 3 is 2.54 bits per heavy atom. The number of ether oxygens (including phenoxy) is 2. The van der Waals surface area contributed by atoms with E-state index in [1.807, 2.05) is 18.2 Å². The van der Waals surface area contributed by atoms with Gasteiger partial charge in [-0.3, -0.25) is 4.79 Å². The fraction of sp³-hybridized carbons (Fsp3) is 0.364. The smallest absolute Gasteiger partial charge is 0.335 e. The van der Waals surface area contributed by atoms with Gasteiger partial charge in [0, 0.05) is 18.4 Å². The standard InChI is InChI=1S/C22H25NO5/c1-22(2,16-8-9-18-19(13-16)28-12-11-27-18)14-23-20(24)10-7-15-5-3-4-6-17(15)21(25)26/h3-6,8-9,13H,7,10-12,14H2,1-2H3,(H,23,24)(H,25,26). The summed E-state index contributed by atoms with van der Waals surface area (Å²) >= 11 is 0. The molecule has 1 amide bonds. The van der Waals surface area contributed by atoms with Crippen LogP contribution in [0.2, 0.25) is 0 Å². The number of aryl methyl sites for hydroxylation is 1. The molecule has 0 aliphatic carbocycles. The molecule has 1 heterocycles. The van der Waals surface area contributed by atoms with Crippen LogP contribution in [-0.4, -0.2) is 36.7 Å². The third kappa shape index (κ3) is 4.63. The van der Waals surface area contributed by atoms with E-state index in [4.69, 9.17) is 9.47 Å². The lowest BCUT2D eigenvalue weighted by Crippen LogP contribution is -2.36. The summed E-state index contributed by atoms with van der Waals surface area (Å²) in [6.45, 7) is 5.66. The topological polar surface area (TPSA) is 84.9 Å². The summed E-state index contributed by atoms with van der Waals surface area (Å²) in [7, 11) is 0. The van der Waals surface area contributed by atoms with E-state index in [1.165, 1.54) is 0 Å². The molecule has 6 nitrogen and oxygen atoms in total.